The minimum Gasteiger partial charge on any atom is -0.351 e. The third-order valence-electron chi connectivity index (χ3n) is 2.74. The third-order valence-corrected chi connectivity index (χ3v) is 2.74. The Morgan fingerprint density at radius 3 is 2.42 bits per heavy atom. The lowest BCUT2D eigenvalue weighted by Gasteiger charge is -2.26. The van der Waals surface area contributed by atoms with Crippen molar-refractivity contribution in [3.05, 3.63) is 12.2 Å². The van der Waals surface area contributed by atoms with Gasteiger partial charge in [0.2, 0.25) is 0 Å². The molecule has 0 aliphatic carbocycles. The molecular formula is C12H25N5O2. The lowest BCUT2D eigenvalue weighted by molar-refractivity contribution is -0.154. The minimum absolute atomic E-state index is 0.165. The SMILES string of the molecule is CCOC(OCC)C(Cc1ncnn1C(C)C)NN. The summed E-state index contributed by atoms with van der Waals surface area (Å²) in [6.07, 6.45) is 1.76. The van der Waals surface area contributed by atoms with Crippen LogP contribution >= 0.6 is 0 Å². The van der Waals surface area contributed by atoms with Crippen molar-refractivity contribution in [1.82, 2.24) is 20.2 Å². The highest BCUT2D eigenvalue weighted by molar-refractivity contribution is 4.92. The van der Waals surface area contributed by atoms with Gasteiger partial charge in [-0.05, 0) is 27.7 Å². The molecule has 7 nitrogen and oxygen atoms in total. The summed E-state index contributed by atoms with van der Waals surface area (Å²) in [4.78, 5) is 4.27. The average Bonchev–Trinajstić information content (AvgIpc) is 2.84. The molecule has 0 fully saturated rings. The summed E-state index contributed by atoms with van der Waals surface area (Å²) >= 11 is 0. The Balaban J connectivity index is 2.76. The van der Waals surface area contributed by atoms with Crippen LogP contribution in [0.15, 0.2) is 6.33 Å². The van der Waals surface area contributed by atoms with Crippen LogP contribution in [0.3, 0.4) is 0 Å². The molecule has 0 spiro atoms. The van der Waals surface area contributed by atoms with E-state index in [1.165, 1.54) is 0 Å². The van der Waals surface area contributed by atoms with Crippen molar-refractivity contribution in [2.24, 2.45) is 5.84 Å². The van der Waals surface area contributed by atoms with Crippen molar-refractivity contribution < 1.29 is 9.47 Å². The maximum atomic E-state index is 5.61. The second-order valence-electron chi connectivity index (χ2n) is 4.47. The zero-order valence-electron chi connectivity index (χ0n) is 12.2. The lowest BCUT2D eigenvalue weighted by Crippen LogP contribution is -2.48. The molecule has 1 rings (SSSR count). The molecule has 0 aromatic carbocycles. The molecule has 0 radical (unpaired) electrons. The van der Waals surface area contributed by atoms with E-state index in [1.807, 2.05) is 18.5 Å². The third kappa shape index (κ3) is 4.54. The Bertz CT molecular complexity index is 350. The van der Waals surface area contributed by atoms with Crippen LogP contribution in [0.4, 0.5) is 0 Å². The van der Waals surface area contributed by atoms with Gasteiger partial charge in [0.05, 0.1) is 6.04 Å². The molecule has 0 saturated carbocycles. The zero-order valence-corrected chi connectivity index (χ0v) is 12.2. The predicted molar refractivity (Wildman–Crippen MR) is 72.3 cm³/mol. The molecule has 1 aromatic rings. The largest absolute Gasteiger partial charge is 0.351 e. The van der Waals surface area contributed by atoms with Gasteiger partial charge in [-0.25, -0.2) is 9.67 Å². The zero-order chi connectivity index (χ0) is 14.3. The molecule has 19 heavy (non-hydrogen) atoms. The van der Waals surface area contributed by atoms with Crippen LogP contribution in [-0.2, 0) is 15.9 Å². The number of ether oxygens (including phenoxy) is 2. The lowest BCUT2D eigenvalue weighted by atomic mass is 10.2. The van der Waals surface area contributed by atoms with E-state index in [0.717, 1.165) is 5.82 Å². The van der Waals surface area contributed by atoms with Gasteiger partial charge in [-0.2, -0.15) is 5.10 Å². The van der Waals surface area contributed by atoms with Crippen LogP contribution in [0.2, 0.25) is 0 Å². The van der Waals surface area contributed by atoms with Crippen molar-refractivity contribution >= 4 is 0 Å². The number of nitrogens with one attached hydrogen (secondary N) is 1. The summed E-state index contributed by atoms with van der Waals surface area (Å²) in [5.74, 6) is 6.47. The Hall–Kier alpha value is -1.02. The topological polar surface area (TPSA) is 87.2 Å². The van der Waals surface area contributed by atoms with E-state index in [4.69, 9.17) is 15.3 Å². The Labute approximate surface area is 114 Å². The number of aromatic nitrogens is 3. The monoisotopic (exact) mass is 271 g/mol. The maximum Gasteiger partial charge on any atom is 0.174 e. The minimum atomic E-state index is -0.391. The average molecular weight is 271 g/mol. The molecule has 1 heterocycles. The van der Waals surface area contributed by atoms with Gasteiger partial charge in [-0.3, -0.25) is 11.3 Å². The normalized spacial score (nSPS) is 13.4. The van der Waals surface area contributed by atoms with Crippen LogP contribution in [0.25, 0.3) is 0 Å². The first kappa shape index (κ1) is 16.0. The Morgan fingerprint density at radius 2 is 1.95 bits per heavy atom. The van der Waals surface area contributed by atoms with Gasteiger partial charge < -0.3 is 9.47 Å². The van der Waals surface area contributed by atoms with Gasteiger partial charge in [0.1, 0.15) is 12.2 Å². The second-order valence-corrected chi connectivity index (χ2v) is 4.47. The predicted octanol–water partition coefficient (Wildman–Crippen LogP) is 0.633. The van der Waals surface area contributed by atoms with E-state index in [0.29, 0.717) is 19.6 Å². The van der Waals surface area contributed by atoms with Crippen molar-refractivity contribution in [3.8, 4) is 0 Å². The maximum absolute atomic E-state index is 5.61. The summed E-state index contributed by atoms with van der Waals surface area (Å²) in [5.41, 5.74) is 2.75. The van der Waals surface area contributed by atoms with E-state index >= 15 is 0 Å². The number of nitrogens with two attached hydrogens (primary N) is 1. The molecule has 0 aliphatic heterocycles. The Morgan fingerprint density at radius 1 is 1.32 bits per heavy atom. The van der Waals surface area contributed by atoms with Crippen molar-refractivity contribution in [2.45, 2.75) is 52.5 Å². The highest BCUT2D eigenvalue weighted by Gasteiger charge is 2.24. The fourth-order valence-corrected chi connectivity index (χ4v) is 1.89. The van der Waals surface area contributed by atoms with Gasteiger partial charge in [-0.1, -0.05) is 0 Å². The first-order valence-electron chi connectivity index (χ1n) is 6.71. The van der Waals surface area contributed by atoms with Crippen LogP contribution in [-0.4, -0.2) is 40.3 Å². The summed E-state index contributed by atoms with van der Waals surface area (Å²) in [6.45, 7) is 9.11. The van der Waals surface area contributed by atoms with Crippen LogP contribution < -0.4 is 11.3 Å². The quantitative estimate of drug-likeness (QED) is 0.389. The van der Waals surface area contributed by atoms with Crippen molar-refractivity contribution in [1.29, 1.82) is 0 Å². The molecule has 3 N–H and O–H groups in total. The smallest absolute Gasteiger partial charge is 0.174 e. The van der Waals surface area contributed by atoms with E-state index in [9.17, 15) is 0 Å². The second kappa shape index (κ2) is 8.21. The van der Waals surface area contributed by atoms with Gasteiger partial charge in [-0.15, -0.1) is 0 Å². The van der Waals surface area contributed by atoms with Crippen LogP contribution in [0, 0.1) is 0 Å². The highest BCUT2D eigenvalue weighted by atomic mass is 16.7. The number of hydrazine groups is 1. The van der Waals surface area contributed by atoms with E-state index in [-0.39, 0.29) is 12.1 Å². The van der Waals surface area contributed by atoms with Gasteiger partial charge in [0.15, 0.2) is 6.29 Å². The number of hydrogen-bond acceptors (Lipinski definition) is 6. The molecule has 0 amide bonds. The van der Waals surface area contributed by atoms with Crippen LogP contribution in [0.1, 0.15) is 39.6 Å². The van der Waals surface area contributed by atoms with Crippen LogP contribution in [0.5, 0.6) is 0 Å². The number of rotatable bonds is 9. The summed E-state index contributed by atoms with van der Waals surface area (Å²) < 4.78 is 13.0. The molecule has 0 saturated heterocycles. The molecule has 0 aliphatic rings. The summed E-state index contributed by atoms with van der Waals surface area (Å²) in [7, 11) is 0. The van der Waals surface area contributed by atoms with Crippen molar-refractivity contribution in [2.75, 3.05) is 13.2 Å². The Kier molecular flexibility index (Phi) is 6.93. The van der Waals surface area contributed by atoms with Gasteiger partial charge in [0, 0.05) is 25.7 Å². The van der Waals surface area contributed by atoms with E-state index in [2.05, 4.69) is 29.4 Å². The highest BCUT2D eigenvalue weighted by Crippen LogP contribution is 2.11. The fourth-order valence-electron chi connectivity index (χ4n) is 1.89. The number of hydrogen-bond donors (Lipinski definition) is 2. The molecule has 7 heteroatoms. The van der Waals surface area contributed by atoms with E-state index in [1.54, 1.807) is 6.33 Å². The summed E-state index contributed by atoms with van der Waals surface area (Å²) in [5, 5.41) is 4.21. The standard InChI is InChI=1S/C12H25N5O2/c1-5-18-12(19-6-2)10(16-13)7-11-14-8-15-17(11)9(3)4/h8-10,12,16H,5-7,13H2,1-4H3. The number of nitrogens with zero attached hydrogens (tertiary/aromatic N) is 3. The first-order chi connectivity index (χ1) is 9.13. The van der Waals surface area contributed by atoms with Gasteiger partial charge in [0.25, 0.3) is 0 Å². The molecule has 110 valence electrons. The van der Waals surface area contributed by atoms with E-state index < -0.39 is 6.29 Å². The molecule has 1 unspecified atom stereocenters. The summed E-state index contributed by atoms with van der Waals surface area (Å²) in [6, 6.07) is 0.0927. The fraction of sp³-hybridized carbons (Fsp3) is 0.833. The molecular weight excluding hydrogens is 246 g/mol. The van der Waals surface area contributed by atoms with Gasteiger partial charge >= 0.3 is 0 Å². The first-order valence-corrected chi connectivity index (χ1v) is 6.71. The molecule has 1 aromatic heterocycles. The molecule has 0 bridgehead atoms. The molecule has 1 atom stereocenters. The van der Waals surface area contributed by atoms with Crippen molar-refractivity contribution in [3.63, 3.8) is 0 Å².